The molecule has 18 nitrogen and oxygen atoms in total. The summed E-state index contributed by atoms with van der Waals surface area (Å²) in [5.41, 5.74) is 0.647. The number of aromatic nitrogens is 7. The van der Waals surface area contributed by atoms with Gasteiger partial charge in [0, 0.05) is 51.0 Å². The van der Waals surface area contributed by atoms with Crippen LogP contribution in [0.2, 0.25) is 0 Å². The van der Waals surface area contributed by atoms with E-state index in [1.54, 1.807) is 28.8 Å². The fourth-order valence-electron chi connectivity index (χ4n) is 5.57. The summed E-state index contributed by atoms with van der Waals surface area (Å²) in [5.74, 6) is 6.28. The van der Waals surface area contributed by atoms with Crippen molar-refractivity contribution in [3.05, 3.63) is 24.0 Å². The van der Waals surface area contributed by atoms with Gasteiger partial charge in [0.2, 0.25) is 11.7 Å². The van der Waals surface area contributed by atoms with E-state index in [9.17, 15) is 33.5 Å². The summed E-state index contributed by atoms with van der Waals surface area (Å²) in [5, 5.41) is 13.8. The highest BCUT2D eigenvalue weighted by molar-refractivity contribution is 7.46. The molecule has 2 saturated carbocycles. The van der Waals surface area contributed by atoms with Gasteiger partial charge in [-0.2, -0.15) is 0 Å². The minimum Gasteiger partial charge on any atom is -0.371 e. The van der Waals surface area contributed by atoms with Crippen LogP contribution in [0.3, 0.4) is 0 Å². The maximum Gasteiger partial charge on any atom is 0.469 e. The Labute approximate surface area is 245 Å². The van der Waals surface area contributed by atoms with E-state index >= 15 is 0 Å². The number of carbonyl (C=O) groups is 1. The van der Waals surface area contributed by atoms with E-state index < -0.39 is 39.8 Å². The van der Waals surface area contributed by atoms with Gasteiger partial charge in [0.15, 0.2) is 17.0 Å². The molecule has 5 rings (SSSR count). The number of nitrogens with one attached hydrogen (secondary N) is 2. The van der Waals surface area contributed by atoms with Crippen LogP contribution in [-0.2, 0) is 35.9 Å². The first-order chi connectivity index (χ1) is 20.3. The van der Waals surface area contributed by atoms with Gasteiger partial charge in [-0.25, -0.2) is 24.1 Å². The first-order valence-electron chi connectivity index (χ1n) is 13.3. The number of carbonyl (C=O) groups excluding carboxylic acids is 1. The summed E-state index contributed by atoms with van der Waals surface area (Å²) in [4.78, 5) is 61.9. The molecule has 0 radical (unpaired) electrons. The van der Waals surface area contributed by atoms with Gasteiger partial charge in [-0.3, -0.25) is 18.5 Å². The molecule has 2 unspecified atom stereocenters. The molecular formula is C23H31N9O9P2. The fourth-order valence-corrected chi connectivity index (χ4v) is 6.61. The molecule has 232 valence electrons. The first kappa shape index (κ1) is 31.2. The summed E-state index contributed by atoms with van der Waals surface area (Å²) >= 11 is 0. The van der Waals surface area contributed by atoms with Gasteiger partial charge in [0.05, 0.1) is 31.3 Å². The molecule has 0 aliphatic heterocycles. The SMILES string of the molecule is CNc1nc(C#CCCc2cn(CCNC(C)=O)nn2)nc2c1ncn2C1CC(OP(=O)(O)O)[C@@]2(COP(=O)(O)O)C[C@@H]12. The van der Waals surface area contributed by atoms with E-state index in [1.807, 2.05) is 0 Å². The van der Waals surface area contributed by atoms with Crippen LogP contribution in [0.1, 0.15) is 43.7 Å². The summed E-state index contributed by atoms with van der Waals surface area (Å²) in [6, 6.07) is -0.393. The molecule has 2 aliphatic carbocycles. The van der Waals surface area contributed by atoms with Crippen molar-refractivity contribution >= 4 is 38.5 Å². The number of imidazole rings is 1. The van der Waals surface area contributed by atoms with Crippen LogP contribution in [0.25, 0.3) is 11.2 Å². The predicted octanol–water partition coefficient (Wildman–Crippen LogP) is 0.118. The average Bonchev–Trinajstić information content (AvgIpc) is 3.16. The zero-order valence-electron chi connectivity index (χ0n) is 23.2. The molecule has 0 bridgehead atoms. The maximum atomic E-state index is 11.7. The molecule has 43 heavy (non-hydrogen) atoms. The minimum absolute atomic E-state index is 0.115. The van der Waals surface area contributed by atoms with Gasteiger partial charge in [-0.15, -0.1) is 5.10 Å². The van der Waals surface area contributed by atoms with E-state index in [1.165, 1.54) is 6.92 Å². The van der Waals surface area contributed by atoms with E-state index in [0.29, 0.717) is 49.3 Å². The lowest BCUT2D eigenvalue weighted by Crippen LogP contribution is -2.26. The molecule has 0 saturated heterocycles. The highest BCUT2D eigenvalue weighted by atomic mass is 31.2. The molecule has 6 N–H and O–H groups in total. The van der Waals surface area contributed by atoms with E-state index in [2.05, 4.69) is 47.7 Å². The Morgan fingerprint density at radius 3 is 2.72 bits per heavy atom. The molecule has 3 aromatic rings. The smallest absolute Gasteiger partial charge is 0.371 e. The number of aryl methyl sites for hydroxylation is 1. The molecule has 4 atom stereocenters. The van der Waals surface area contributed by atoms with Gasteiger partial charge >= 0.3 is 15.6 Å². The average molecular weight is 640 g/mol. The van der Waals surface area contributed by atoms with Crippen LogP contribution >= 0.6 is 15.6 Å². The lowest BCUT2D eigenvalue weighted by Gasteiger charge is -2.24. The van der Waals surface area contributed by atoms with Crippen LogP contribution in [0.5, 0.6) is 0 Å². The van der Waals surface area contributed by atoms with Crippen LogP contribution in [-0.4, -0.2) is 86.3 Å². The van der Waals surface area contributed by atoms with Crippen molar-refractivity contribution in [3.8, 4) is 11.8 Å². The van der Waals surface area contributed by atoms with Gasteiger partial charge in [0.1, 0.15) is 0 Å². The molecule has 3 aromatic heterocycles. The van der Waals surface area contributed by atoms with Crippen molar-refractivity contribution < 1.29 is 42.5 Å². The van der Waals surface area contributed by atoms with Crippen LogP contribution in [0.4, 0.5) is 5.82 Å². The molecule has 1 amide bonds. The van der Waals surface area contributed by atoms with Gasteiger partial charge < -0.3 is 34.8 Å². The lowest BCUT2D eigenvalue weighted by atomic mass is 10.0. The number of hydrogen-bond donors (Lipinski definition) is 6. The topological polar surface area (TPSA) is 249 Å². The Bertz CT molecular complexity index is 1670. The summed E-state index contributed by atoms with van der Waals surface area (Å²) in [6.07, 6.45) is 3.82. The van der Waals surface area contributed by atoms with Crippen LogP contribution < -0.4 is 10.6 Å². The Morgan fingerprint density at radius 1 is 1.23 bits per heavy atom. The van der Waals surface area contributed by atoms with E-state index in [-0.39, 0.29) is 24.1 Å². The molecule has 2 aliphatic rings. The number of hydrogen-bond acceptors (Lipinski definition) is 11. The number of phosphoric acid groups is 2. The Kier molecular flexibility index (Phi) is 8.72. The zero-order chi connectivity index (χ0) is 31.0. The van der Waals surface area contributed by atoms with Crippen molar-refractivity contribution in [3.63, 3.8) is 0 Å². The quantitative estimate of drug-likeness (QED) is 0.114. The molecule has 3 heterocycles. The molecule has 0 spiro atoms. The largest absolute Gasteiger partial charge is 0.469 e. The Hall–Kier alpha value is -3.26. The second-order valence-electron chi connectivity index (χ2n) is 10.4. The second-order valence-corrected chi connectivity index (χ2v) is 12.9. The highest BCUT2D eigenvalue weighted by Gasteiger charge is 2.70. The molecule has 20 heteroatoms. The minimum atomic E-state index is -4.90. The molecule has 2 fully saturated rings. The number of amides is 1. The third-order valence-corrected chi connectivity index (χ3v) is 8.52. The number of phosphoric ester groups is 2. The van der Waals surface area contributed by atoms with Crippen molar-refractivity contribution in [1.82, 2.24) is 39.8 Å². The highest BCUT2D eigenvalue weighted by Crippen LogP contribution is 2.71. The Balaban J connectivity index is 1.33. The third kappa shape index (κ3) is 7.28. The monoisotopic (exact) mass is 639 g/mol. The summed E-state index contributed by atoms with van der Waals surface area (Å²) in [6.45, 7) is 1.97. The van der Waals surface area contributed by atoms with Crippen LogP contribution in [0.15, 0.2) is 12.5 Å². The second kappa shape index (κ2) is 12.0. The predicted molar refractivity (Wildman–Crippen MR) is 148 cm³/mol. The van der Waals surface area contributed by atoms with Crippen molar-refractivity contribution in [1.29, 1.82) is 0 Å². The van der Waals surface area contributed by atoms with Crippen molar-refractivity contribution in [2.24, 2.45) is 11.3 Å². The molecule has 0 aromatic carbocycles. The van der Waals surface area contributed by atoms with Crippen molar-refractivity contribution in [2.45, 2.75) is 51.3 Å². The number of rotatable bonds is 12. The van der Waals surface area contributed by atoms with E-state index in [0.717, 1.165) is 5.69 Å². The Morgan fingerprint density at radius 2 is 2.02 bits per heavy atom. The number of anilines is 1. The van der Waals surface area contributed by atoms with Crippen molar-refractivity contribution in [2.75, 3.05) is 25.5 Å². The van der Waals surface area contributed by atoms with Gasteiger partial charge in [-0.05, 0) is 24.7 Å². The molecular weight excluding hydrogens is 608 g/mol. The normalized spacial score (nSPS) is 23.1. The number of fused-ring (bicyclic) bond motifs is 2. The van der Waals surface area contributed by atoms with Gasteiger partial charge in [-0.1, -0.05) is 11.1 Å². The summed E-state index contributed by atoms with van der Waals surface area (Å²) < 4.78 is 36.3. The number of nitrogens with zero attached hydrogens (tertiary/aromatic N) is 7. The standard InChI is InChI=1S/C23H31N9O9P2/c1-14(33)25-7-8-31-11-15(29-30-31)5-3-4-6-19-27-21(24-2)20-22(28-19)32(13-26-20)17-9-18(41-43(37,38)39)23(10-16(17)23)12-40-42(34,35)36/h11,13,16-18H,3,5,7-10,12H2,1-2H3,(H,25,33)(H,24,27,28)(H2,34,35,36)(H2,37,38,39)/t16-,17?,18?,23+/m0/s1. The maximum absolute atomic E-state index is 11.7. The van der Waals surface area contributed by atoms with Gasteiger partial charge in [0.25, 0.3) is 0 Å². The summed E-state index contributed by atoms with van der Waals surface area (Å²) in [7, 11) is -8.05. The zero-order valence-corrected chi connectivity index (χ0v) is 25.0. The van der Waals surface area contributed by atoms with E-state index in [4.69, 9.17) is 9.05 Å². The lowest BCUT2D eigenvalue weighted by molar-refractivity contribution is -0.119. The fraction of sp³-hybridized carbons (Fsp3) is 0.565. The third-order valence-electron chi connectivity index (χ3n) is 7.53. The van der Waals surface area contributed by atoms with Crippen LogP contribution in [0, 0.1) is 23.2 Å². The first-order valence-corrected chi connectivity index (χ1v) is 16.3.